The lowest BCUT2D eigenvalue weighted by molar-refractivity contribution is 0.0766. The highest BCUT2D eigenvalue weighted by atomic mass is 16.1. The maximum atomic E-state index is 12.5. The topological polar surface area (TPSA) is 73.0 Å². The van der Waals surface area contributed by atoms with Crippen molar-refractivity contribution in [2.45, 2.75) is 44.3 Å². The quantitative estimate of drug-likeness (QED) is 0.729. The maximum Gasteiger partial charge on any atom is 0.326 e. The number of nitrogens with zero attached hydrogens (tertiary/aromatic N) is 4. The van der Waals surface area contributed by atoms with Crippen molar-refractivity contribution in [3.63, 3.8) is 0 Å². The van der Waals surface area contributed by atoms with Gasteiger partial charge in [0, 0.05) is 56.7 Å². The molecule has 4 heterocycles. The van der Waals surface area contributed by atoms with E-state index in [0.717, 1.165) is 56.6 Å². The SMILES string of the molecule is O=c1[nH]c2ccccc2n1C1CCN(C2CCN(Cc3cnc[nH]3)CC2)CC1. The lowest BCUT2D eigenvalue weighted by Gasteiger charge is -2.41. The Morgan fingerprint density at radius 1 is 1.00 bits per heavy atom. The summed E-state index contributed by atoms with van der Waals surface area (Å²) >= 11 is 0. The average Bonchev–Trinajstić information content (AvgIpc) is 3.35. The van der Waals surface area contributed by atoms with Crippen LogP contribution in [-0.4, -0.2) is 61.5 Å². The summed E-state index contributed by atoms with van der Waals surface area (Å²) in [7, 11) is 0. The van der Waals surface area contributed by atoms with Crippen molar-refractivity contribution < 1.29 is 0 Å². The van der Waals surface area contributed by atoms with Crippen molar-refractivity contribution in [3.05, 3.63) is 53.0 Å². The Labute approximate surface area is 164 Å². The van der Waals surface area contributed by atoms with Crippen LogP contribution in [0.1, 0.15) is 37.4 Å². The van der Waals surface area contributed by atoms with E-state index in [1.54, 1.807) is 6.33 Å². The number of fused-ring (bicyclic) bond motifs is 1. The van der Waals surface area contributed by atoms with Crippen molar-refractivity contribution in [1.82, 2.24) is 29.3 Å². The number of para-hydroxylation sites is 2. The highest BCUT2D eigenvalue weighted by Gasteiger charge is 2.29. The number of aromatic amines is 2. The zero-order chi connectivity index (χ0) is 18.9. The third-order valence-electron chi connectivity index (χ3n) is 6.51. The summed E-state index contributed by atoms with van der Waals surface area (Å²) in [5, 5.41) is 0. The zero-order valence-corrected chi connectivity index (χ0v) is 16.2. The van der Waals surface area contributed by atoms with E-state index in [2.05, 4.69) is 30.8 Å². The van der Waals surface area contributed by atoms with E-state index < -0.39 is 0 Å². The fourth-order valence-electron chi connectivity index (χ4n) is 5.00. The Bertz CT molecular complexity index is 958. The highest BCUT2D eigenvalue weighted by molar-refractivity contribution is 5.75. The fourth-order valence-corrected chi connectivity index (χ4v) is 5.00. The summed E-state index contributed by atoms with van der Waals surface area (Å²) in [4.78, 5) is 28.0. The van der Waals surface area contributed by atoms with Crippen LogP contribution in [0.15, 0.2) is 41.6 Å². The molecular weight excluding hydrogens is 352 g/mol. The number of hydrogen-bond donors (Lipinski definition) is 2. The highest BCUT2D eigenvalue weighted by Crippen LogP contribution is 2.28. The minimum absolute atomic E-state index is 0.0340. The van der Waals surface area contributed by atoms with Gasteiger partial charge in [-0.3, -0.25) is 9.47 Å². The van der Waals surface area contributed by atoms with Gasteiger partial charge in [0.25, 0.3) is 0 Å². The van der Waals surface area contributed by atoms with E-state index >= 15 is 0 Å². The molecule has 0 radical (unpaired) electrons. The lowest BCUT2D eigenvalue weighted by Crippen LogP contribution is -2.48. The third-order valence-corrected chi connectivity index (χ3v) is 6.51. The number of H-pyrrole nitrogens is 2. The standard InChI is InChI=1S/C21H28N6O/c28-21-24-19-3-1-2-4-20(19)27(21)18-7-11-26(12-8-18)17-5-9-25(10-6-17)14-16-13-22-15-23-16/h1-4,13,15,17-18H,5-12,14H2,(H,22,23)(H,24,28). The van der Waals surface area contributed by atoms with E-state index in [-0.39, 0.29) is 5.69 Å². The average molecular weight is 380 g/mol. The van der Waals surface area contributed by atoms with E-state index in [9.17, 15) is 4.79 Å². The third kappa shape index (κ3) is 3.40. The van der Waals surface area contributed by atoms with E-state index in [4.69, 9.17) is 0 Å². The van der Waals surface area contributed by atoms with Gasteiger partial charge in [-0.1, -0.05) is 12.1 Å². The van der Waals surface area contributed by atoms with Gasteiger partial charge < -0.3 is 14.9 Å². The van der Waals surface area contributed by atoms with Crippen LogP contribution in [0.25, 0.3) is 11.0 Å². The van der Waals surface area contributed by atoms with Gasteiger partial charge in [-0.15, -0.1) is 0 Å². The van der Waals surface area contributed by atoms with Crippen molar-refractivity contribution in [2.75, 3.05) is 26.2 Å². The van der Waals surface area contributed by atoms with Crippen molar-refractivity contribution in [2.24, 2.45) is 0 Å². The summed E-state index contributed by atoms with van der Waals surface area (Å²) < 4.78 is 1.99. The van der Waals surface area contributed by atoms with Crippen LogP contribution < -0.4 is 5.69 Å². The van der Waals surface area contributed by atoms with Gasteiger partial charge in [-0.2, -0.15) is 0 Å². The number of benzene rings is 1. The largest absolute Gasteiger partial charge is 0.347 e. The van der Waals surface area contributed by atoms with Crippen molar-refractivity contribution in [3.8, 4) is 0 Å². The molecule has 7 heteroatoms. The van der Waals surface area contributed by atoms with Gasteiger partial charge in [-0.25, -0.2) is 9.78 Å². The zero-order valence-electron chi connectivity index (χ0n) is 16.2. The number of hydrogen-bond acceptors (Lipinski definition) is 4. The molecule has 28 heavy (non-hydrogen) atoms. The molecule has 1 aromatic carbocycles. The molecule has 0 spiro atoms. The van der Waals surface area contributed by atoms with Gasteiger partial charge in [0.15, 0.2) is 0 Å². The second-order valence-corrected chi connectivity index (χ2v) is 8.17. The summed E-state index contributed by atoms with van der Waals surface area (Å²) in [5.41, 5.74) is 3.22. The Hall–Kier alpha value is -2.38. The molecule has 0 atom stereocenters. The molecule has 0 aliphatic carbocycles. The monoisotopic (exact) mass is 380 g/mol. The molecule has 0 unspecified atom stereocenters. The van der Waals surface area contributed by atoms with Crippen LogP contribution in [0.3, 0.4) is 0 Å². The first-order valence-electron chi connectivity index (χ1n) is 10.4. The Balaban J connectivity index is 1.18. The van der Waals surface area contributed by atoms with Gasteiger partial charge >= 0.3 is 5.69 Å². The number of likely N-dealkylation sites (tertiary alicyclic amines) is 2. The summed E-state index contributed by atoms with van der Waals surface area (Å²) in [6, 6.07) is 9.01. The first-order valence-corrected chi connectivity index (χ1v) is 10.4. The maximum absolute atomic E-state index is 12.5. The van der Waals surface area contributed by atoms with Crippen LogP contribution in [0.5, 0.6) is 0 Å². The molecule has 2 fully saturated rings. The second-order valence-electron chi connectivity index (χ2n) is 8.17. The van der Waals surface area contributed by atoms with Crippen molar-refractivity contribution in [1.29, 1.82) is 0 Å². The molecular formula is C21H28N6O. The number of nitrogens with one attached hydrogen (secondary N) is 2. The molecule has 2 saturated heterocycles. The van der Waals surface area contributed by atoms with E-state index in [0.29, 0.717) is 12.1 Å². The number of rotatable bonds is 4. The van der Waals surface area contributed by atoms with Crippen molar-refractivity contribution >= 4 is 11.0 Å². The molecule has 2 aliphatic rings. The first-order chi connectivity index (χ1) is 13.8. The van der Waals surface area contributed by atoms with Crippen LogP contribution in [0.2, 0.25) is 0 Å². The normalized spacial score (nSPS) is 20.9. The summed E-state index contributed by atoms with van der Waals surface area (Å²) in [6.45, 7) is 5.43. The minimum atomic E-state index is 0.0340. The molecule has 3 aromatic rings. The van der Waals surface area contributed by atoms with E-state index in [1.165, 1.54) is 18.5 Å². The number of piperidine rings is 2. The van der Waals surface area contributed by atoms with E-state index in [1.807, 2.05) is 29.0 Å². The molecule has 7 nitrogen and oxygen atoms in total. The fraction of sp³-hybridized carbons (Fsp3) is 0.524. The summed E-state index contributed by atoms with van der Waals surface area (Å²) in [6.07, 6.45) is 8.23. The Kier molecular flexibility index (Phi) is 4.78. The lowest BCUT2D eigenvalue weighted by atomic mass is 9.97. The van der Waals surface area contributed by atoms with Crippen LogP contribution in [0.4, 0.5) is 0 Å². The molecule has 2 N–H and O–H groups in total. The molecule has 2 aromatic heterocycles. The van der Waals surface area contributed by atoms with Gasteiger partial charge in [0.1, 0.15) is 0 Å². The molecule has 0 amide bonds. The minimum Gasteiger partial charge on any atom is -0.347 e. The molecule has 0 saturated carbocycles. The van der Waals surface area contributed by atoms with Gasteiger partial charge in [-0.05, 0) is 37.8 Å². The molecule has 5 rings (SSSR count). The first kappa shape index (κ1) is 17.7. The molecule has 0 bridgehead atoms. The van der Waals surface area contributed by atoms with Gasteiger partial charge in [0.05, 0.1) is 17.4 Å². The summed E-state index contributed by atoms with van der Waals surface area (Å²) in [5.74, 6) is 0. The molecule has 2 aliphatic heterocycles. The number of imidazole rings is 2. The predicted octanol–water partition coefficient (Wildman–Crippen LogP) is 2.35. The second kappa shape index (κ2) is 7.56. The van der Waals surface area contributed by atoms with Gasteiger partial charge in [0.2, 0.25) is 0 Å². The van der Waals surface area contributed by atoms with Crippen LogP contribution in [-0.2, 0) is 6.54 Å². The van der Waals surface area contributed by atoms with Crippen LogP contribution >= 0.6 is 0 Å². The predicted molar refractivity (Wildman–Crippen MR) is 109 cm³/mol. The smallest absolute Gasteiger partial charge is 0.326 e. The Morgan fingerprint density at radius 2 is 1.75 bits per heavy atom. The number of aromatic nitrogens is 4. The molecule has 148 valence electrons. The van der Waals surface area contributed by atoms with Crippen LogP contribution in [0, 0.1) is 0 Å². The Morgan fingerprint density at radius 3 is 2.50 bits per heavy atom.